The summed E-state index contributed by atoms with van der Waals surface area (Å²) in [5.74, 6) is 0. The molecule has 6 nitrogen and oxygen atoms in total. The molecule has 0 radical (unpaired) electrons. The van der Waals surface area contributed by atoms with Gasteiger partial charge in [-0.2, -0.15) is 5.10 Å². The predicted molar refractivity (Wildman–Crippen MR) is 76.8 cm³/mol. The minimum atomic E-state index is -0.157. The summed E-state index contributed by atoms with van der Waals surface area (Å²) in [4.78, 5) is 17.7. The molecule has 0 aliphatic carbocycles. The van der Waals surface area contributed by atoms with E-state index in [0.29, 0.717) is 17.6 Å². The summed E-state index contributed by atoms with van der Waals surface area (Å²) in [6, 6.07) is 3.96. The smallest absolute Gasteiger partial charge is 0.281 e. The van der Waals surface area contributed by atoms with E-state index in [0.717, 1.165) is 4.88 Å². The summed E-state index contributed by atoms with van der Waals surface area (Å²) < 4.78 is 8.61. The molecule has 0 fully saturated rings. The van der Waals surface area contributed by atoms with Gasteiger partial charge in [0.15, 0.2) is 5.52 Å². The summed E-state index contributed by atoms with van der Waals surface area (Å²) >= 11 is 1.61. The zero-order valence-corrected chi connectivity index (χ0v) is 12.0. The van der Waals surface area contributed by atoms with Crippen LogP contribution in [0.3, 0.4) is 0 Å². The lowest BCUT2D eigenvalue weighted by molar-refractivity contribution is 0.0897. The van der Waals surface area contributed by atoms with Gasteiger partial charge in [-0.1, -0.05) is 6.07 Å². The van der Waals surface area contributed by atoms with Crippen LogP contribution in [-0.2, 0) is 18.3 Å². The minimum absolute atomic E-state index is 0.144. The van der Waals surface area contributed by atoms with Gasteiger partial charge in [0.2, 0.25) is 0 Å². The van der Waals surface area contributed by atoms with Crippen molar-refractivity contribution in [2.45, 2.75) is 12.6 Å². The highest BCUT2D eigenvalue weighted by Crippen LogP contribution is 2.23. The van der Waals surface area contributed by atoms with Gasteiger partial charge in [0.25, 0.3) is 5.56 Å². The molecule has 1 unspecified atom stereocenters. The fourth-order valence-corrected chi connectivity index (χ4v) is 2.90. The van der Waals surface area contributed by atoms with Crippen molar-refractivity contribution < 1.29 is 4.74 Å². The second-order valence-corrected chi connectivity index (χ2v) is 5.46. The molecule has 3 aromatic heterocycles. The van der Waals surface area contributed by atoms with E-state index in [4.69, 9.17) is 4.74 Å². The van der Waals surface area contributed by atoms with Crippen molar-refractivity contribution in [3.05, 3.63) is 45.3 Å². The number of fused-ring (bicyclic) bond motifs is 1. The van der Waals surface area contributed by atoms with Gasteiger partial charge < -0.3 is 4.74 Å². The standard InChI is InChI=1S/C13H14N4O2S/c1-16-6-9-12(15-16)13(18)17(8-14-9)7-10(19-2)11-4-3-5-20-11/h3-6,8,10H,7H2,1-2H3. The van der Waals surface area contributed by atoms with Gasteiger partial charge in [0, 0.05) is 19.0 Å². The average Bonchev–Trinajstić information content (AvgIpc) is 3.07. The molecule has 0 spiro atoms. The molecular formula is C13H14N4O2S. The second-order valence-electron chi connectivity index (χ2n) is 4.48. The van der Waals surface area contributed by atoms with E-state index in [1.165, 1.54) is 0 Å². The maximum atomic E-state index is 12.4. The van der Waals surface area contributed by atoms with Crippen LogP contribution in [0.15, 0.2) is 34.8 Å². The van der Waals surface area contributed by atoms with Gasteiger partial charge in [0.1, 0.15) is 11.6 Å². The minimum Gasteiger partial charge on any atom is -0.374 e. The number of ether oxygens (including phenoxy) is 1. The van der Waals surface area contributed by atoms with E-state index in [1.54, 1.807) is 47.3 Å². The molecule has 0 amide bonds. The van der Waals surface area contributed by atoms with Gasteiger partial charge in [-0.3, -0.25) is 14.0 Å². The third-order valence-corrected chi connectivity index (χ3v) is 4.08. The van der Waals surface area contributed by atoms with Gasteiger partial charge in [-0.05, 0) is 11.4 Å². The molecule has 7 heteroatoms. The number of hydrogen-bond acceptors (Lipinski definition) is 5. The van der Waals surface area contributed by atoms with Crippen molar-refractivity contribution in [2.75, 3.05) is 7.11 Å². The quantitative estimate of drug-likeness (QED) is 0.732. The van der Waals surface area contributed by atoms with Crippen LogP contribution in [0, 0.1) is 0 Å². The van der Waals surface area contributed by atoms with Crippen LogP contribution in [0.4, 0.5) is 0 Å². The Morgan fingerprint density at radius 2 is 2.35 bits per heavy atom. The summed E-state index contributed by atoms with van der Waals surface area (Å²) in [5, 5.41) is 6.14. The number of methoxy groups -OCH3 is 1. The number of thiophene rings is 1. The lowest BCUT2D eigenvalue weighted by Gasteiger charge is -2.14. The fraction of sp³-hybridized carbons (Fsp3) is 0.308. The van der Waals surface area contributed by atoms with Crippen molar-refractivity contribution in [2.24, 2.45) is 7.05 Å². The Balaban J connectivity index is 1.98. The Morgan fingerprint density at radius 3 is 3.05 bits per heavy atom. The van der Waals surface area contributed by atoms with E-state index in [9.17, 15) is 4.79 Å². The van der Waals surface area contributed by atoms with E-state index in [2.05, 4.69) is 10.1 Å². The van der Waals surface area contributed by atoms with E-state index >= 15 is 0 Å². The molecular weight excluding hydrogens is 276 g/mol. The molecule has 3 heterocycles. The summed E-state index contributed by atoms with van der Waals surface area (Å²) in [5.41, 5.74) is 0.851. The van der Waals surface area contributed by atoms with Crippen LogP contribution in [0.5, 0.6) is 0 Å². The lowest BCUT2D eigenvalue weighted by atomic mass is 10.3. The van der Waals surface area contributed by atoms with E-state index in [-0.39, 0.29) is 11.7 Å². The first-order chi connectivity index (χ1) is 9.69. The molecule has 0 aliphatic heterocycles. The molecule has 0 aromatic carbocycles. The lowest BCUT2D eigenvalue weighted by Crippen LogP contribution is -2.24. The Hall–Kier alpha value is -1.99. The molecule has 0 aliphatic rings. The molecule has 0 N–H and O–H groups in total. The summed E-state index contributed by atoms with van der Waals surface area (Å²) in [6.07, 6.45) is 3.12. The first kappa shape index (κ1) is 13.0. The Morgan fingerprint density at radius 1 is 1.50 bits per heavy atom. The monoisotopic (exact) mass is 290 g/mol. The van der Waals surface area contributed by atoms with Crippen LogP contribution in [0.2, 0.25) is 0 Å². The fourth-order valence-electron chi connectivity index (χ4n) is 2.11. The van der Waals surface area contributed by atoms with E-state index < -0.39 is 0 Å². The zero-order chi connectivity index (χ0) is 14.1. The maximum Gasteiger partial charge on any atom is 0.281 e. The third-order valence-electron chi connectivity index (χ3n) is 3.12. The number of rotatable bonds is 4. The summed E-state index contributed by atoms with van der Waals surface area (Å²) in [6.45, 7) is 0.426. The first-order valence-electron chi connectivity index (χ1n) is 6.14. The average molecular weight is 290 g/mol. The highest BCUT2D eigenvalue weighted by molar-refractivity contribution is 7.10. The summed E-state index contributed by atoms with van der Waals surface area (Å²) in [7, 11) is 3.41. The highest BCUT2D eigenvalue weighted by atomic mass is 32.1. The van der Waals surface area contributed by atoms with Crippen LogP contribution >= 0.6 is 11.3 Å². The van der Waals surface area contributed by atoms with Gasteiger partial charge >= 0.3 is 0 Å². The molecule has 104 valence electrons. The Bertz CT molecular complexity index is 775. The first-order valence-corrected chi connectivity index (χ1v) is 7.02. The van der Waals surface area contributed by atoms with Crippen LogP contribution < -0.4 is 5.56 Å². The number of aromatic nitrogens is 4. The maximum absolute atomic E-state index is 12.4. The van der Waals surface area contributed by atoms with Gasteiger partial charge in [-0.25, -0.2) is 4.98 Å². The molecule has 20 heavy (non-hydrogen) atoms. The number of hydrogen-bond donors (Lipinski definition) is 0. The van der Waals surface area contributed by atoms with Crippen LogP contribution in [0.25, 0.3) is 11.0 Å². The van der Waals surface area contributed by atoms with Crippen LogP contribution in [-0.4, -0.2) is 26.4 Å². The second kappa shape index (κ2) is 5.18. The van der Waals surface area contributed by atoms with Crippen molar-refractivity contribution in [1.29, 1.82) is 0 Å². The zero-order valence-electron chi connectivity index (χ0n) is 11.2. The normalized spacial score (nSPS) is 12.9. The molecule has 3 rings (SSSR count). The predicted octanol–water partition coefficient (Wildman–Crippen LogP) is 1.58. The topological polar surface area (TPSA) is 61.9 Å². The van der Waals surface area contributed by atoms with Gasteiger partial charge in [0.05, 0.1) is 19.1 Å². The van der Waals surface area contributed by atoms with Crippen molar-refractivity contribution in [3.8, 4) is 0 Å². The molecule has 0 saturated carbocycles. The Kier molecular flexibility index (Phi) is 3.37. The molecule has 0 bridgehead atoms. The molecule has 0 saturated heterocycles. The van der Waals surface area contributed by atoms with E-state index in [1.807, 2.05) is 17.5 Å². The van der Waals surface area contributed by atoms with Crippen molar-refractivity contribution in [1.82, 2.24) is 19.3 Å². The Labute approximate surface area is 119 Å². The largest absolute Gasteiger partial charge is 0.374 e. The molecule has 1 atom stereocenters. The number of nitrogens with zero attached hydrogens (tertiary/aromatic N) is 4. The van der Waals surface area contributed by atoms with Crippen molar-refractivity contribution >= 4 is 22.4 Å². The molecule has 3 aromatic rings. The highest BCUT2D eigenvalue weighted by Gasteiger charge is 2.15. The van der Waals surface area contributed by atoms with Crippen molar-refractivity contribution in [3.63, 3.8) is 0 Å². The third kappa shape index (κ3) is 2.25. The van der Waals surface area contributed by atoms with Gasteiger partial charge in [-0.15, -0.1) is 11.3 Å². The SMILES string of the molecule is COC(Cn1cnc2cn(C)nc2c1=O)c1cccs1. The number of aryl methyl sites for hydroxylation is 1. The van der Waals surface area contributed by atoms with Crippen LogP contribution in [0.1, 0.15) is 11.0 Å².